The molecule has 1 N–H and O–H groups in total. The van der Waals surface area contributed by atoms with Crippen molar-refractivity contribution in [2.24, 2.45) is 0 Å². The molecule has 8 heteroatoms. The van der Waals surface area contributed by atoms with Crippen molar-refractivity contribution < 1.29 is 27.8 Å². The van der Waals surface area contributed by atoms with Crippen LogP contribution >= 0.6 is 0 Å². The molecule has 1 heterocycles. The summed E-state index contributed by atoms with van der Waals surface area (Å²) in [6.45, 7) is 0.161. The number of nitrogens with zero attached hydrogens (tertiary/aromatic N) is 2. The topological polar surface area (TPSA) is 64.3 Å². The van der Waals surface area contributed by atoms with Crippen LogP contribution in [0.15, 0.2) is 6.07 Å². The number of hydrogen-bond donors (Lipinski definition) is 1. The molecule has 0 spiro atoms. The van der Waals surface area contributed by atoms with Crippen molar-refractivity contribution in [1.82, 2.24) is 9.78 Å². The molecule has 0 unspecified atom stereocenters. The van der Waals surface area contributed by atoms with Crippen LogP contribution in [-0.4, -0.2) is 33.6 Å². The van der Waals surface area contributed by atoms with E-state index >= 15 is 0 Å². The Morgan fingerprint density at radius 1 is 1.62 bits per heavy atom. The van der Waals surface area contributed by atoms with Crippen LogP contribution < -0.4 is 0 Å². The van der Waals surface area contributed by atoms with Crippen LogP contribution in [0.4, 0.5) is 13.2 Å². The summed E-state index contributed by atoms with van der Waals surface area (Å²) in [5, 5.41) is 12.4. The van der Waals surface area contributed by atoms with Gasteiger partial charge in [0, 0.05) is 6.07 Å². The van der Waals surface area contributed by atoms with Crippen LogP contribution in [0.3, 0.4) is 0 Å². The minimum atomic E-state index is -4.52. The first-order chi connectivity index (χ1) is 7.33. The Balaban J connectivity index is 2.86. The predicted molar refractivity (Wildman–Crippen MR) is 45.9 cm³/mol. The number of aromatic nitrogens is 2. The average Bonchev–Trinajstić information content (AvgIpc) is 2.45. The van der Waals surface area contributed by atoms with Crippen molar-refractivity contribution in [2.75, 3.05) is 6.61 Å². The molecule has 0 saturated heterocycles. The first kappa shape index (κ1) is 12.3. The van der Waals surface area contributed by atoms with Gasteiger partial charge in [0.2, 0.25) is 5.88 Å². The Hall–Kier alpha value is -1.73. The monoisotopic (exact) mass is 238 g/mol. The maximum absolute atomic E-state index is 12.0. The number of carbonyl (C=O) groups excluding carboxylic acids is 1. The van der Waals surface area contributed by atoms with Gasteiger partial charge in [-0.1, -0.05) is 0 Å². The quantitative estimate of drug-likeness (QED) is 0.807. The number of carbonyl (C=O) groups is 1. The van der Waals surface area contributed by atoms with Gasteiger partial charge >= 0.3 is 12.1 Å². The Kier molecular flexibility index (Phi) is 3.41. The molecule has 0 atom stereocenters. The highest BCUT2D eigenvalue weighted by atomic mass is 19.4. The van der Waals surface area contributed by atoms with Crippen molar-refractivity contribution in [1.29, 1.82) is 0 Å². The molecule has 0 fully saturated rings. The van der Waals surface area contributed by atoms with E-state index in [9.17, 15) is 18.0 Å². The predicted octanol–water partition coefficient (Wildman–Crippen LogP) is 1.33. The number of alkyl halides is 3. The van der Waals surface area contributed by atoms with E-state index in [1.54, 1.807) is 6.92 Å². The maximum Gasteiger partial charge on any atom is 0.408 e. The molecule has 0 bridgehead atoms. The summed E-state index contributed by atoms with van der Waals surface area (Å²) < 4.78 is 40.8. The molecule has 0 radical (unpaired) electrons. The van der Waals surface area contributed by atoms with Crippen LogP contribution in [0.2, 0.25) is 0 Å². The summed E-state index contributed by atoms with van der Waals surface area (Å²) >= 11 is 0. The lowest BCUT2D eigenvalue weighted by Gasteiger charge is -2.06. The van der Waals surface area contributed by atoms with Gasteiger partial charge in [-0.2, -0.15) is 18.3 Å². The molecule has 1 aromatic rings. The van der Waals surface area contributed by atoms with Crippen LogP contribution in [0.1, 0.15) is 17.4 Å². The molecule has 0 aliphatic heterocycles. The number of rotatable bonds is 3. The fourth-order valence-electron chi connectivity index (χ4n) is 0.998. The Morgan fingerprint density at radius 3 is 2.75 bits per heavy atom. The van der Waals surface area contributed by atoms with Crippen molar-refractivity contribution >= 4 is 5.97 Å². The van der Waals surface area contributed by atoms with Crippen LogP contribution in [0, 0.1) is 0 Å². The molecular formula is C8H9F3N2O3. The third-order valence-corrected chi connectivity index (χ3v) is 1.57. The largest absolute Gasteiger partial charge is 0.493 e. The zero-order valence-corrected chi connectivity index (χ0v) is 8.28. The average molecular weight is 238 g/mol. The normalized spacial score (nSPS) is 11.5. The number of esters is 1. The van der Waals surface area contributed by atoms with Gasteiger partial charge in [-0.15, -0.1) is 0 Å². The van der Waals surface area contributed by atoms with Crippen molar-refractivity contribution in [3.8, 4) is 5.88 Å². The van der Waals surface area contributed by atoms with Gasteiger partial charge in [0.15, 0.2) is 5.69 Å². The second-order valence-electron chi connectivity index (χ2n) is 2.88. The van der Waals surface area contributed by atoms with E-state index < -0.39 is 24.6 Å². The summed E-state index contributed by atoms with van der Waals surface area (Å²) in [7, 11) is 0. The highest BCUT2D eigenvalue weighted by Gasteiger charge is 2.30. The van der Waals surface area contributed by atoms with E-state index in [-0.39, 0.29) is 17.0 Å². The zero-order chi connectivity index (χ0) is 12.3. The van der Waals surface area contributed by atoms with E-state index in [1.165, 1.54) is 0 Å². The molecular weight excluding hydrogens is 229 g/mol. The molecule has 16 heavy (non-hydrogen) atoms. The van der Waals surface area contributed by atoms with E-state index in [0.717, 1.165) is 6.07 Å². The van der Waals surface area contributed by atoms with Gasteiger partial charge in [-0.3, -0.25) is 0 Å². The van der Waals surface area contributed by atoms with E-state index in [2.05, 4.69) is 9.84 Å². The van der Waals surface area contributed by atoms with Crippen molar-refractivity contribution in [3.05, 3.63) is 11.8 Å². The van der Waals surface area contributed by atoms with E-state index in [0.29, 0.717) is 0 Å². The molecule has 5 nitrogen and oxygen atoms in total. The number of halogens is 3. The van der Waals surface area contributed by atoms with Gasteiger partial charge in [0.1, 0.15) is 6.54 Å². The third-order valence-electron chi connectivity index (χ3n) is 1.57. The molecule has 0 aliphatic rings. The standard InChI is InChI=1S/C8H9F3N2O3/c1-2-16-7(15)5-3-6(14)13(12-5)4-8(9,10)11/h3,14H,2,4H2,1H3. The molecule has 90 valence electrons. The summed E-state index contributed by atoms with van der Waals surface area (Å²) in [5.74, 6) is -1.61. The molecule has 0 aromatic carbocycles. The van der Waals surface area contributed by atoms with E-state index in [1.807, 2.05) is 0 Å². The van der Waals surface area contributed by atoms with Crippen molar-refractivity contribution in [3.63, 3.8) is 0 Å². The van der Waals surface area contributed by atoms with Crippen LogP contribution in [0.5, 0.6) is 5.88 Å². The Bertz CT molecular complexity index is 386. The summed E-state index contributed by atoms with van der Waals surface area (Å²) in [4.78, 5) is 11.1. The van der Waals surface area contributed by atoms with Crippen LogP contribution in [-0.2, 0) is 11.3 Å². The lowest BCUT2D eigenvalue weighted by Crippen LogP contribution is -2.19. The Labute approximate surface area is 88.4 Å². The zero-order valence-electron chi connectivity index (χ0n) is 8.28. The Morgan fingerprint density at radius 2 is 2.25 bits per heavy atom. The molecule has 0 saturated carbocycles. The molecule has 1 aromatic heterocycles. The second kappa shape index (κ2) is 4.42. The maximum atomic E-state index is 12.0. The fraction of sp³-hybridized carbons (Fsp3) is 0.500. The highest BCUT2D eigenvalue weighted by Crippen LogP contribution is 2.21. The van der Waals surface area contributed by atoms with Gasteiger partial charge in [-0.25, -0.2) is 9.48 Å². The minimum absolute atomic E-state index is 0.0751. The summed E-state index contributed by atoms with van der Waals surface area (Å²) in [6, 6.07) is 0.823. The van der Waals surface area contributed by atoms with E-state index in [4.69, 9.17) is 5.11 Å². The van der Waals surface area contributed by atoms with Crippen molar-refractivity contribution in [2.45, 2.75) is 19.6 Å². The number of aromatic hydroxyl groups is 1. The molecule has 1 rings (SSSR count). The van der Waals surface area contributed by atoms with Gasteiger partial charge in [0.25, 0.3) is 0 Å². The fourth-order valence-corrected chi connectivity index (χ4v) is 0.998. The molecule has 0 amide bonds. The lowest BCUT2D eigenvalue weighted by atomic mass is 10.4. The summed E-state index contributed by atoms with van der Waals surface area (Å²) in [5.41, 5.74) is -0.358. The minimum Gasteiger partial charge on any atom is -0.493 e. The number of hydrogen-bond acceptors (Lipinski definition) is 4. The smallest absolute Gasteiger partial charge is 0.408 e. The van der Waals surface area contributed by atoms with Gasteiger partial charge < -0.3 is 9.84 Å². The highest BCUT2D eigenvalue weighted by molar-refractivity contribution is 5.87. The SMILES string of the molecule is CCOC(=O)c1cc(O)n(CC(F)(F)F)n1. The van der Waals surface area contributed by atoms with Crippen LogP contribution in [0.25, 0.3) is 0 Å². The molecule has 0 aliphatic carbocycles. The summed E-state index contributed by atoms with van der Waals surface area (Å²) in [6.07, 6.45) is -4.52. The second-order valence-corrected chi connectivity index (χ2v) is 2.88. The third kappa shape index (κ3) is 3.14. The first-order valence-corrected chi connectivity index (χ1v) is 4.34. The van der Waals surface area contributed by atoms with Gasteiger partial charge in [0.05, 0.1) is 6.61 Å². The first-order valence-electron chi connectivity index (χ1n) is 4.34. The number of ether oxygens (including phenoxy) is 1. The lowest BCUT2D eigenvalue weighted by molar-refractivity contribution is -0.143. The van der Waals surface area contributed by atoms with Gasteiger partial charge in [-0.05, 0) is 6.92 Å².